The van der Waals surface area contributed by atoms with Crippen LogP contribution in [0.2, 0.25) is 0 Å². The zero-order valence-corrected chi connectivity index (χ0v) is 26.6. The van der Waals surface area contributed by atoms with Crippen LogP contribution in [-0.4, -0.2) is 49.5 Å². The van der Waals surface area contributed by atoms with Gasteiger partial charge in [-0.25, -0.2) is 8.42 Å². The molecule has 0 aromatic heterocycles. The van der Waals surface area contributed by atoms with E-state index in [0.29, 0.717) is 12.1 Å². The molecule has 0 aliphatic rings. The first kappa shape index (κ1) is 32.2. The molecule has 0 heterocycles. The molecule has 3 rings (SSSR count). The third-order valence-electron chi connectivity index (χ3n) is 6.61. The highest BCUT2D eigenvalue weighted by Crippen LogP contribution is 2.27. The Morgan fingerprint density at radius 1 is 0.878 bits per heavy atom. The van der Waals surface area contributed by atoms with Crippen LogP contribution >= 0.6 is 11.8 Å². The smallest absolute Gasteiger partial charge is 0.264 e. The molecular weight excluding hydrogens is 555 g/mol. The minimum Gasteiger partial charge on any atom is -0.350 e. The second-order valence-corrected chi connectivity index (χ2v) is 13.9. The summed E-state index contributed by atoms with van der Waals surface area (Å²) in [5.41, 5.74) is 2.77. The van der Waals surface area contributed by atoms with Gasteiger partial charge in [-0.1, -0.05) is 54.4 Å². The predicted octanol–water partition coefficient (Wildman–Crippen LogP) is 5.94. The summed E-state index contributed by atoms with van der Waals surface area (Å²) in [4.78, 5) is 30.1. The molecule has 0 spiro atoms. The van der Waals surface area contributed by atoms with E-state index < -0.39 is 34.1 Å². The minimum atomic E-state index is -4.10. The van der Waals surface area contributed by atoms with E-state index in [4.69, 9.17) is 0 Å². The van der Waals surface area contributed by atoms with Gasteiger partial charge in [-0.05, 0) is 89.3 Å². The molecule has 0 unspecified atom stereocenters. The number of nitrogens with zero attached hydrogens (tertiary/aromatic N) is 2. The molecule has 0 aliphatic heterocycles. The average molecular weight is 596 g/mol. The summed E-state index contributed by atoms with van der Waals surface area (Å²) in [6.45, 7) is 11.1. The monoisotopic (exact) mass is 595 g/mol. The Balaban J connectivity index is 2.06. The first-order valence-electron chi connectivity index (χ1n) is 13.7. The molecule has 41 heavy (non-hydrogen) atoms. The van der Waals surface area contributed by atoms with Crippen molar-refractivity contribution < 1.29 is 18.0 Å². The number of hydrogen-bond donors (Lipinski definition) is 1. The Hall–Kier alpha value is -3.30. The van der Waals surface area contributed by atoms with Crippen molar-refractivity contribution in [2.24, 2.45) is 0 Å². The molecule has 0 aliphatic carbocycles. The fourth-order valence-corrected chi connectivity index (χ4v) is 6.20. The van der Waals surface area contributed by atoms with E-state index in [1.165, 1.54) is 16.7 Å². The minimum absolute atomic E-state index is 0.0891. The van der Waals surface area contributed by atoms with Crippen LogP contribution in [0.25, 0.3) is 0 Å². The Bertz CT molecular complexity index is 1430. The topological polar surface area (TPSA) is 86.8 Å². The Labute approximate surface area is 249 Å². The molecule has 9 heteroatoms. The molecular formula is C32H41N3O4S2. The van der Waals surface area contributed by atoms with E-state index >= 15 is 0 Å². The van der Waals surface area contributed by atoms with Crippen molar-refractivity contribution >= 4 is 39.3 Å². The normalized spacial score (nSPS) is 12.5. The summed E-state index contributed by atoms with van der Waals surface area (Å²) >= 11 is 1.52. The molecule has 2 amide bonds. The highest BCUT2D eigenvalue weighted by molar-refractivity contribution is 7.98. The van der Waals surface area contributed by atoms with Crippen LogP contribution in [0, 0.1) is 13.8 Å². The first-order valence-corrected chi connectivity index (χ1v) is 16.3. The fraction of sp³-hybridized carbons (Fsp3) is 0.375. The summed E-state index contributed by atoms with van der Waals surface area (Å²) in [5.74, 6) is -0.746. The molecule has 0 saturated heterocycles. The van der Waals surface area contributed by atoms with Gasteiger partial charge in [0.2, 0.25) is 11.8 Å². The van der Waals surface area contributed by atoms with Gasteiger partial charge in [0.1, 0.15) is 12.6 Å². The highest BCUT2D eigenvalue weighted by Gasteiger charge is 2.34. The number of benzene rings is 3. The van der Waals surface area contributed by atoms with Gasteiger partial charge < -0.3 is 10.2 Å². The summed E-state index contributed by atoms with van der Waals surface area (Å²) in [5, 5.41) is 2.99. The average Bonchev–Trinajstić information content (AvgIpc) is 2.92. The number of sulfonamides is 1. The number of carbonyl (C=O) groups is 2. The molecule has 1 atom stereocenters. The molecule has 0 radical (unpaired) electrons. The van der Waals surface area contributed by atoms with Gasteiger partial charge in [-0.3, -0.25) is 13.9 Å². The number of hydrogen-bond acceptors (Lipinski definition) is 5. The summed E-state index contributed by atoms with van der Waals surface area (Å²) in [6.07, 6.45) is 2.29. The standard InChI is InChI=1S/C32H41N3O4S2/c1-8-29(31(37)33-32(4,5)6)34(21-25-13-9-23(2)10-14-25)30(36)22-35(26-15-11-24(3)12-16-26)41(38,39)28-19-17-27(40-7)18-20-28/h9-20,29H,8,21-22H2,1-7H3,(H,33,37)/t29-/m1/s1. The maximum atomic E-state index is 14.2. The van der Waals surface area contributed by atoms with Crippen molar-refractivity contribution in [1.29, 1.82) is 0 Å². The second kappa shape index (κ2) is 13.6. The van der Waals surface area contributed by atoms with Crippen molar-refractivity contribution in [1.82, 2.24) is 10.2 Å². The quantitative estimate of drug-likeness (QED) is 0.277. The molecule has 0 saturated carbocycles. The van der Waals surface area contributed by atoms with Gasteiger partial charge in [0.05, 0.1) is 10.6 Å². The number of thioether (sulfide) groups is 1. The van der Waals surface area contributed by atoms with E-state index in [2.05, 4.69) is 5.32 Å². The Morgan fingerprint density at radius 3 is 1.90 bits per heavy atom. The van der Waals surface area contributed by atoms with Crippen LogP contribution in [0.15, 0.2) is 82.6 Å². The summed E-state index contributed by atoms with van der Waals surface area (Å²) < 4.78 is 29.1. The summed E-state index contributed by atoms with van der Waals surface area (Å²) in [6, 6.07) is 20.6. The van der Waals surface area contributed by atoms with Crippen molar-refractivity contribution in [3.63, 3.8) is 0 Å². The summed E-state index contributed by atoms with van der Waals surface area (Å²) in [7, 11) is -4.10. The third kappa shape index (κ3) is 8.60. The molecule has 0 bridgehead atoms. The zero-order chi connectivity index (χ0) is 30.4. The van der Waals surface area contributed by atoms with E-state index in [-0.39, 0.29) is 17.3 Å². The maximum absolute atomic E-state index is 14.2. The van der Waals surface area contributed by atoms with E-state index in [1.54, 1.807) is 36.4 Å². The maximum Gasteiger partial charge on any atom is 0.264 e. The van der Waals surface area contributed by atoms with Crippen LogP contribution in [-0.2, 0) is 26.2 Å². The predicted molar refractivity (Wildman–Crippen MR) is 168 cm³/mol. The lowest BCUT2D eigenvalue weighted by molar-refractivity contribution is -0.141. The van der Waals surface area contributed by atoms with Gasteiger partial charge in [0.15, 0.2) is 0 Å². The fourth-order valence-electron chi connectivity index (χ4n) is 4.38. The van der Waals surface area contributed by atoms with E-state index in [9.17, 15) is 18.0 Å². The van der Waals surface area contributed by atoms with Gasteiger partial charge in [-0.15, -0.1) is 11.8 Å². The largest absolute Gasteiger partial charge is 0.350 e. The van der Waals surface area contributed by atoms with Crippen LogP contribution in [0.4, 0.5) is 5.69 Å². The molecule has 1 N–H and O–H groups in total. The van der Waals surface area contributed by atoms with Gasteiger partial charge >= 0.3 is 0 Å². The van der Waals surface area contributed by atoms with Crippen LogP contribution in [0.3, 0.4) is 0 Å². The number of rotatable bonds is 11. The van der Waals surface area contributed by atoms with Crippen LogP contribution in [0.1, 0.15) is 50.8 Å². The van der Waals surface area contributed by atoms with Gasteiger partial charge in [0, 0.05) is 17.0 Å². The van der Waals surface area contributed by atoms with Gasteiger partial charge in [0.25, 0.3) is 10.0 Å². The second-order valence-electron chi connectivity index (χ2n) is 11.2. The van der Waals surface area contributed by atoms with Crippen molar-refractivity contribution in [3.8, 4) is 0 Å². The lowest BCUT2D eigenvalue weighted by Crippen LogP contribution is -2.55. The lowest BCUT2D eigenvalue weighted by atomic mass is 10.1. The van der Waals surface area contributed by atoms with Crippen molar-refractivity contribution in [2.75, 3.05) is 17.1 Å². The highest BCUT2D eigenvalue weighted by atomic mass is 32.2. The number of nitrogens with one attached hydrogen (secondary N) is 1. The molecule has 0 fully saturated rings. The van der Waals surface area contributed by atoms with Crippen molar-refractivity contribution in [3.05, 3.63) is 89.5 Å². The van der Waals surface area contributed by atoms with Crippen LogP contribution in [0.5, 0.6) is 0 Å². The lowest BCUT2D eigenvalue weighted by Gasteiger charge is -2.34. The number of amides is 2. The molecule has 220 valence electrons. The zero-order valence-electron chi connectivity index (χ0n) is 25.0. The van der Waals surface area contributed by atoms with Crippen LogP contribution < -0.4 is 9.62 Å². The molecule has 7 nitrogen and oxygen atoms in total. The number of carbonyl (C=O) groups excluding carboxylic acids is 2. The van der Waals surface area contributed by atoms with Gasteiger partial charge in [-0.2, -0.15) is 0 Å². The first-order chi connectivity index (χ1) is 19.2. The molecule has 3 aromatic rings. The van der Waals surface area contributed by atoms with E-state index in [1.807, 2.05) is 84.2 Å². The Kier molecular flexibility index (Phi) is 10.7. The number of anilines is 1. The SMILES string of the molecule is CC[C@H](C(=O)NC(C)(C)C)N(Cc1ccc(C)cc1)C(=O)CN(c1ccc(C)cc1)S(=O)(=O)c1ccc(SC)cc1. The molecule has 3 aromatic carbocycles. The number of aryl methyl sites for hydroxylation is 2. The van der Waals surface area contributed by atoms with E-state index in [0.717, 1.165) is 25.9 Å². The third-order valence-corrected chi connectivity index (χ3v) is 9.14. The Morgan fingerprint density at radius 2 is 1.41 bits per heavy atom. The van der Waals surface area contributed by atoms with Crippen molar-refractivity contribution in [2.45, 2.75) is 75.9 Å².